The van der Waals surface area contributed by atoms with E-state index < -0.39 is 17.8 Å². The number of hydrogen-bond donors (Lipinski definition) is 0. The lowest BCUT2D eigenvalue weighted by Crippen LogP contribution is -2.21. The molecule has 0 spiro atoms. The van der Waals surface area contributed by atoms with Crippen LogP contribution in [0.25, 0.3) is 0 Å². The summed E-state index contributed by atoms with van der Waals surface area (Å²) in [5.74, 6) is -0.993. The Labute approximate surface area is 59.6 Å². The number of nitrogens with zero attached hydrogens (tertiary/aromatic N) is 2. The summed E-state index contributed by atoms with van der Waals surface area (Å²) in [5, 5.41) is 2.86. The van der Waals surface area contributed by atoms with E-state index in [9.17, 15) is 18.0 Å². The zero-order valence-electron chi connectivity index (χ0n) is 5.01. The Morgan fingerprint density at radius 2 is 2.09 bits per heavy atom. The maximum Gasteiger partial charge on any atom is 0.433 e. The fourth-order valence-corrected chi connectivity index (χ4v) is 0.455. The Bertz CT molecular complexity index is 241. The Kier molecular flexibility index (Phi) is 1.67. The van der Waals surface area contributed by atoms with E-state index in [1.54, 1.807) is 6.34 Å². The van der Waals surface area contributed by atoms with Crippen molar-refractivity contribution in [1.82, 2.24) is 5.32 Å². The quantitative estimate of drug-likeness (QED) is 0.510. The minimum atomic E-state index is -4.60. The van der Waals surface area contributed by atoms with E-state index in [0.29, 0.717) is 6.08 Å². The van der Waals surface area contributed by atoms with Gasteiger partial charge in [0.2, 0.25) is 6.34 Å². The zero-order valence-corrected chi connectivity index (χ0v) is 5.01. The molecule has 6 heteroatoms. The Morgan fingerprint density at radius 3 is 2.45 bits per heavy atom. The lowest BCUT2D eigenvalue weighted by atomic mass is 10.3. The van der Waals surface area contributed by atoms with Crippen molar-refractivity contribution in [3.05, 3.63) is 11.8 Å². The van der Waals surface area contributed by atoms with Gasteiger partial charge < -0.3 is 0 Å². The minimum Gasteiger partial charge on any atom is -0.267 e. The number of alkyl halides is 3. The topological polar surface area (TPSA) is 43.5 Å². The Balaban J connectivity index is 2.88. The van der Waals surface area contributed by atoms with Crippen LogP contribution in [0.2, 0.25) is 0 Å². The van der Waals surface area contributed by atoms with Gasteiger partial charge in [-0.05, 0) is 0 Å². The van der Waals surface area contributed by atoms with Crippen LogP contribution < -0.4 is 5.32 Å². The summed E-state index contributed by atoms with van der Waals surface area (Å²) >= 11 is 0. The summed E-state index contributed by atoms with van der Waals surface area (Å²) in [7, 11) is 0. The van der Waals surface area contributed by atoms with Gasteiger partial charge in [0.15, 0.2) is 5.70 Å². The van der Waals surface area contributed by atoms with E-state index in [2.05, 4.69) is 10.3 Å². The average molecular weight is 162 g/mol. The van der Waals surface area contributed by atoms with Crippen LogP contribution in [0, 0.1) is 0 Å². The molecule has 1 rings (SSSR count). The van der Waals surface area contributed by atoms with E-state index >= 15 is 0 Å². The molecule has 3 nitrogen and oxygen atoms in total. The van der Waals surface area contributed by atoms with Crippen LogP contribution in [-0.4, -0.2) is 18.4 Å². The van der Waals surface area contributed by atoms with Crippen molar-refractivity contribution in [3.8, 4) is 0 Å². The maximum atomic E-state index is 11.7. The molecule has 0 saturated carbocycles. The van der Waals surface area contributed by atoms with Crippen LogP contribution >= 0.6 is 0 Å². The van der Waals surface area contributed by atoms with Crippen LogP contribution in [0.4, 0.5) is 13.2 Å². The summed E-state index contributed by atoms with van der Waals surface area (Å²) < 4.78 is 35.2. The highest BCUT2D eigenvalue weighted by Crippen LogP contribution is 2.26. The molecule has 0 bridgehead atoms. The first-order valence-corrected chi connectivity index (χ1v) is 2.49. The molecule has 0 N–H and O–H groups in total. The van der Waals surface area contributed by atoms with E-state index in [1.165, 1.54) is 0 Å². The molecule has 0 fully saturated rings. The van der Waals surface area contributed by atoms with E-state index in [1.807, 2.05) is 0 Å². The lowest BCUT2D eigenvalue weighted by Gasteiger charge is -2.07. The molecule has 1 aliphatic rings. The van der Waals surface area contributed by atoms with Crippen molar-refractivity contribution in [2.24, 2.45) is 4.99 Å². The predicted octanol–water partition coefficient (Wildman–Crippen LogP) is 0.483. The first kappa shape index (κ1) is 7.77. The molecule has 0 saturated heterocycles. The molecule has 1 aliphatic heterocycles. The van der Waals surface area contributed by atoms with Crippen molar-refractivity contribution < 1.29 is 18.0 Å². The van der Waals surface area contributed by atoms with Crippen LogP contribution in [0.5, 0.6) is 0 Å². The highest BCUT2D eigenvalue weighted by atomic mass is 19.4. The van der Waals surface area contributed by atoms with Crippen molar-refractivity contribution in [2.75, 3.05) is 0 Å². The normalized spacial score (nSPS) is 17.7. The van der Waals surface area contributed by atoms with Crippen LogP contribution in [0.15, 0.2) is 16.8 Å². The molecular weight excluding hydrogens is 161 g/mol. The number of hydrogen-bond acceptors (Lipinski definition) is 2. The fraction of sp³-hybridized carbons (Fsp3) is 0.200. The van der Waals surface area contributed by atoms with Gasteiger partial charge in [-0.2, -0.15) is 18.5 Å². The maximum absolute atomic E-state index is 11.7. The van der Waals surface area contributed by atoms with Gasteiger partial charge in [0.25, 0.3) is 5.91 Å². The van der Waals surface area contributed by atoms with Crippen molar-refractivity contribution in [3.63, 3.8) is 0 Å². The number of allylic oxidation sites excluding steroid dienone is 1. The summed E-state index contributed by atoms with van der Waals surface area (Å²) in [6.07, 6.45) is -2.68. The molecule has 0 aromatic heterocycles. The van der Waals surface area contributed by atoms with Gasteiger partial charge >= 0.3 is 6.18 Å². The zero-order chi connectivity index (χ0) is 8.48. The van der Waals surface area contributed by atoms with Crippen molar-refractivity contribution in [2.45, 2.75) is 6.18 Å². The van der Waals surface area contributed by atoms with Crippen LogP contribution in [0.1, 0.15) is 0 Å². The SMILES string of the molecule is O=C1C=C(C(F)(F)F)N=[C][N]1. The number of amides is 1. The second kappa shape index (κ2) is 2.37. The molecule has 0 aliphatic carbocycles. The van der Waals surface area contributed by atoms with Gasteiger partial charge in [-0.1, -0.05) is 0 Å². The molecule has 11 heavy (non-hydrogen) atoms. The third-order valence-corrected chi connectivity index (χ3v) is 0.881. The van der Waals surface area contributed by atoms with Crippen LogP contribution in [0.3, 0.4) is 0 Å². The number of halogens is 3. The van der Waals surface area contributed by atoms with Gasteiger partial charge in [0, 0.05) is 6.08 Å². The van der Waals surface area contributed by atoms with Crippen molar-refractivity contribution >= 4 is 12.2 Å². The monoisotopic (exact) mass is 162 g/mol. The molecule has 1 heterocycles. The summed E-state index contributed by atoms with van der Waals surface area (Å²) in [6.45, 7) is 0. The summed E-state index contributed by atoms with van der Waals surface area (Å²) in [4.78, 5) is 13.0. The molecule has 1 amide bonds. The van der Waals surface area contributed by atoms with E-state index in [4.69, 9.17) is 0 Å². The van der Waals surface area contributed by atoms with Gasteiger partial charge in [-0.3, -0.25) is 4.79 Å². The number of carbonyl (C=O) groups excluding carboxylic acids is 1. The van der Waals surface area contributed by atoms with Gasteiger partial charge in [0.05, 0.1) is 0 Å². The standard InChI is InChI=1S/C5HF3N2O/c6-5(7,8)3-1-4(11)10-2-9-3/h1H. The highest BCUT2D eigenvalue weighted by molar-refractivity contribution is 5.98. The van der Waals surface area contributed by atoms with E-state index in [0.717, 1.165) is 0 Å². The number of rotatable bonds is 0. The lowest BCUT2D eigenvalue weighted by molar-refractivity contribution is -0.117. The number of carbonyl (C=O) groups is 1. The third kappa shape index (κ3) is 1.79. The first-order chi connectivity index (χ1) is 5.00. The van der Waals surface area contributed by atoms with Gasteiger partial charge in [0.1, 0.15) is 0 Å². The first-order valence-electron chi connectivity index (χ1n) is 2.49. The predicted molar refractivity (Wildman–Crippen MR) is 28.7 cm³/mol. The third-order valence-electron chi connectivity index (χ3n) is 0.881. The Morgan fingerprint density at radius 1 is 1.45 bits per heavy atom. The second-order valence-electron chi connectivity index (χ2n) is 1.69. The molecule has 58 valence electrons. The smallest absolute Gasteiger partial charge is 0.267 e. The molecule has 0 atom stereocenters. The minimum absolute atomic E-state index is 0.316. The summed E-state index contributed by atoms with van der Waals surface area (Å²) in [5.41, 5.74) is -1.27. The molecule has 2 radical (unpaired) electrons. The molecule has 0 aromatic carbocycles. The number of aliphatic imine (C=N–C) groups is 1. The highest BCUT2D eigenvalue weighted by Gasteiger charge is 2.35. The average Bonchev–Trinajstić information content (AvgIpc) is 1.86. The largest absolute Gasteiger partial charge is 0.433 e. The molecule has 0 aromatic rings. The summed E-state index contributed by atoms with van der Waals surface area (Å²) in [6, 6.07) is 0. The molecular formula is C5HF3N2O. The Hall–Kier alpha value is -1.33. The molecule has 0 unspecified atom stereocenters. The van der Waals surface area contributed by atoms with E-state index in [-0.39, 0.29) is 0 Å². The van der Waals surface area contributed by atoms with Gasteiger partial charge in [-0.25, -0.2) is 4.99 Å². The van der Waals surface area contributed by atoms with Crippen LogP contribution in [-0.2, 0) is 4.79 Å². The fourth-order valence-electron chi connectivity index (χ4n) is 0.455. The van der Waals surface area contributed by atoms with Crippen molar-refractivity contribution in [1.29, 1.82) is 0 Å². The second-order valence-corrected chi connectivity index (χ2v) is 1.69. The van der Waals surface area contributed by atoms with Gasteiger partial charge in [-0.15, -0.1) is 0 Å².